The van der Waals surface area contributed by atoms with E-state index in [1.807, 2.05) is 19.9 Å². The van der Waals surface area contributed by atoms with E-state index in [1.165, 1.54) is 6.92 Å². The maximum Gasteiger partial charge on any atom is 0.338 e. The van der Waals surface area contributed by atoms with Crippen LogP contribution in [0, 0.1) is 16.7 Å². The minimum atomic E-state index is -1.73. The third-order valence-electron chi connectivity index (χ3n) is 12.0. The van der Waals surface area contributed by atoms with Gasteiger partial charge in [0.15, 0.2) is 5.60 Å². The second kappa shape index (κ2) is 23.2. The molecule has 0 spiro atoms. The van der Waals surface area contributed by atoms with Crippen LogP contribution in [0.5, 0.6) is 0 Å². The number of hydrogen-bond acceptors (Lipinski definition) is 9. The molecule has 59 heavy (non-hydrogen) atoms. The van der Waals surface area contributed by atoms with Crippen molar-refractivity contribution in [1.29, 1.82) is 0 Å². The lowest BCUT2D eigenvalue weighted by Gasteiger charge is -2.69. The first-order chi connectivity index (χ1) is 27.4. The first-order valence-corrected chi connectivity index (χ1v) is 52.8. The first kappa shape index (κ1) is 56.2. The molecule has 1 saturated heterocycles. The van der Waals surface area contributed by atoms with E-state index < -0.39 is 113 Å². The summed E-state index contributed by atoms with van der Waals surface area (Å²) < 4.78 is 41.1. The zero-order valence-electron chi connectivity index (χ0n) is 33.8. The molecular weight excluding hydrogens is 1120 g/mol. The molecule has 334 valence electrons. The fourth-order valence-electron chi connectivity index (χ4n) is 9.42. The van der Waals surface area contributed by atoms with Crippen molar-refractivity contribution < 1.29 is 42.7 Å². The Morgan fingerprint density at radius 3 is 1.86 bits per heavy atom. The number of benzene rings is 1. The molecule has 1 aliphatic heterocycles. The van der Waals surface area contributed by atoms with Gasteiger partial charge in [-0.1, -0.05) is 47.9 Å². The van der Waals surface area contributed by atoms with Gasteiger partial charge in [-0.3, -0.25) is 4.79 Å². The number of hydrogen-bond donors (Lipinski definition) is 1. The predicted molar refractivity (Wildman–Crippen MR) is 306 cm³/mol. The molecule has 0 aromatic heterocycles. The van der Waals surface area contributed by atoms with Gasteiger partial charge in [-0.2, -0.15) is 0 Å². The van der Waals surface area contributed by atoms with Crippen molar-refractivity contribution in [2.75, 3.05) is 13.7 Å². The van der Waals surface area contributed by atoms with E-state index >= 15 is 0 Å². The number of esters is 2. The smallest absolute Gasteiger partial charge is 0.338 e. The first-order valence-electron chi connectivity index (χ1n) is 18.2. The van der Waals surface area contributed by atoms with Crippen LogP contribution in [-0.2, 0) is 32.8 Å². The highest BCUT2D eigenvalue weighted by Gasteiger charge is 2.76. The zero-order chi connectivity index (χ0) is 44.2. The van der Waals surface area contributed by atoms with Crippen molar-refractivity contribution in [1.82, 2.24) is 0 Å². The largest absolute Gasteiger partial charge is 0.455 e. The van der Waals surface area contributed by atoms with Crippen LogP contribution in [0.25, 0.3) is 0 Å². The van der Waals surface area contributed by atoms with E-state index in [0.717, 1.165) is 11.1 Å². The zero-order valence-corrected chi connectivity index (χ0v) is 54.5. The summed E-state index contributed by atoms with van der Waals surface area (Å²) in [4.78, 5) is 27.9. The van der Waals surface area contributed by atoms with E-state index in [-0.39, 0.29) is 34.0 Å². The monoisotopic (exact) mass is 1180 g/mol. The van der Waals surface area contributed by atoms with Crippen LogP contribution < -0.4 is 0 Å². The molecule has 0 amide bonds. The molecule has 13 unspecified atom stereocenters. The number of carbonyl (C=O) groups is 2. The van der Waals surface area contributed by atoms with Gasteiger partial charge < -0.3 is 33.1 Å². The van der Waals surface area contributed by atoms with Crippen molar-refractivity contribution in [2.45, 2.75) is 95.6 Å². The Hall–Kier alpha value is 6.30. The lowest BCUT2D eigenvalue weighted by molar-refractivity contribution is -0.351. The van der Waals surface area contributed by atoms with Gasteiger partial charge in [0, 0.05) is 44.7 Å². The van der Waals surface area contributed by atoms with Crippen molar-refractivity contribution in [3.63, 3.8) is 0 Å². The van der Waals surface area contributed by atoms with Crippen LogP contribution in [0.2, 0.25) is 0 Å². The Bertz CT molecular complexity index is 1680. The molecule has 4 aliphatic rings. The number of aliphatic hydroxyl groups is 1. The van der Waals surface area contributed by atoms with Crippen molar-refractivity contribution >= 4 is 174 Å². The molecule has 1 N–H and O–H groups in total. The second-order valence-electron chi connectivity index (χ2n) is 15.7. The van der Waals surface area contributed by atoms with Crippen LogP contribution in [-0.4, -0.2) is 72.5 Å². The minimum Gasteiger partial charge on any atom is -0.455 e. The van der Waals surface area contributed by atoms with Crippen molar-refractivity contribution in [3.05, 3.63) is 47.0 Å². The third-order valence-corrected chi connectivity index (χ3v) is 108. The molecule has 22 atom stereocenters. The number of carbonyl (C=O) groups excluding carboxylic acids is 2. The third kappa shape index (κ3) is 11.7. The number of ether oxygens (including phenoxy) is 4. The Morgan fingerprint density at radius 1 is 0.814 bits per heavy atom. The molecule has 0 radical (unpaired) electrons. The highest BCUT2D eigenvalue weighted by Crippen LogP contribution is 3.21. The SMILES string of the molecule is CO[C@@H]1C[C@]2(C)[C@@H](OP(P(P)P)P(P)P)C[C@H]3OC[C@@]3(OC(C)=O)[C@H]2[C@H](OC(=O)c2ccccc2)[C@]2(O)C[C@H](OP(P)P(P(P)P)P(P(P)P)P(P)P)C(C)=C1C2(C)C. The molecule has 3 aliphatic carbocycles. The molecule has 2 saturated carbocycles. The van der Waals surface area contributed by atoms with Crippen molar-refractivity contribution in [3.8, 4) is 0 Å². The molecule has 9 nitrogen and oxygen atoms in total. The summed E-state index contributed by atoms with van der Waals surface area (Å²) >= 11 is 0. The maximum absolute atomic E-state index is 14.6. The minimum absolute atomic E-state index is 0.102. The second-order valence-corrected chi connectivity index (χ2v) is 87.6. The standard InChI is InChI=1S/C30H60O9P20/c1-16-19(38-51(40)58(55(45)46)59(56(47)48)57(49)50)14-30(33)25(36-26(32)18-10-8-7-9-11-18)24-28(5,13-20(34-6)23(16)27(30,3)4)21(39-52(53(41)42)54(43)44)12-22-29(24,15-35-22)37-17(2)31/h7-11,19-22,24-25,33H,12-15,40-50H2,1-6H3/t19-,20+,21-,22+,24-,25-,28+,29-,30+,51?,58?/m0/s1. The summed E-state index contributed by atoms with van der Waals surface area (Å²) in [5, 5.41) is 14.1. The lowest BCUT2D eigenvalue weighted by Crippen LogP contribution is -2.80. The van der Waals surface area contributed by atoms with Gasteiger partial charge in [0.1, 0.15) is 17.8 Å². The molecule has 1 heterocycles. The molecular formula is C30H60O9P20. The Morgan fingerprint density at radius 2 is 1.39 bits per heavy atom. The van der Waals surface area contributed by atoms with E-state index in [0.29, 0.717) is 18.4 Å². The molecule has 1 aromatic rings. The van der Waals surface area contributed by atoms with Crippen LogP contribution in [0.3, 0.4) is 0 Å². The Balaban J connectivity index is 1.79. The molecule has 2 bridgehead atoms. The molecule has 1 aromatic carbocycles. The summed E-state index contributed by atoms with van der Waals surface area (Å²) in [6.45, 7) is 6.52. The fourth-order valence-corrected chi connectivity index (χ4v) is 172. The summed E-state index contributed by atoms with van der Waals surface area (Å²) in [5.41, 5.74) is -2.43. The van der Waals surface area contributed by atoms with E-state index in [9.17, 15) is 14.7 Å². The molecule has 3 fully saturated rings. The van der Waals surface area contributed by atoms with Crippen LogP contribution in [0.4, 0.5) is 0 Å². The normalized spacial score (nSPS) is 34.1. The topological polar surface area (TPSA) is 110 Å². The number of methoxy groups -OCH3 is 1. The average molecular weight is 1180 g/mol. The van der Waals surface area contributed by atoms with Gasteiger partial charge in [-0.15, -0.1) is 89.3 Å². The summed E-state index contributed by atoms with van der Waals surface area (Å²) in [6.07, 6.45) is -2.03. The summed E-state index contributed by atoms with van der Waals surface area (Å²) in [5.74, 6) is -1.77. The summed E-state index contributed by atoms with van der Waals surface area (Å²) in [7, 11) is 33.3. The van der Waals surface area contributed by atoms with Gasteiger partial charge in [0.25, 0.3) is 0 Å². The maximum atomic E-state index is 14.6. The quantitative estimate of drug-likeness (QED) is 0.104. The van der Waals surface area contributed by atoms with Gasteiger partial charge in [0.2, 0.25) is 0 Å². The lowest BCUT2D eigenvalue weighted by atomic mass is 9.45. The van der Waals surface area contributed by atoms with Gasteiger partial charge >= 0.3 is 11.9 Å². The molecule has 29 heteroatoms. The van der Waals surface area contributed by atoms with Crippen LogP contribution in [0.15, 0.2) is 41.5 Å². The van der Waals surface area contributed by atoms with E-state index in [4.69, 9.17) is 28.0 Å². The van der Waals surface area contributed by atoms with Gasteiger partial charge in [0.05, 0.1) is 51.5 Å². The predicted octanol–water partition coefficient (Wildman–Crippen LogP) is 14.9. The van der Waals surface area contributed by atoms with Crippen LogP contribution >= 0.6 is 162 Å². The number of rotatable bonds is 15. The van der Waals surface area contributed by atoms with Crippen molar-refractivity contribution in [2.24, 2.45) is 16.7 Å². The van der Waals surface area contributed by atoms with Crippen LogP contribution in [0.1, 0.15) is 64.2 Å². The highest BCUT2D eigenvalue weighted by molar-refractivity contribution is 9.24. The molecule has 5 rings (SSSR count). The number of fused-ring (bicyclic) bond motifs is 5. The Kier molecular flexibility index (Phi) is 22.1. The van der Waals surface area contributed by atoms with Gasteiger partial charge in [-0.05, 0) is 78.5 Å². The van der Waals surface area contributed by atoms with Gasteiger partial charge in [-0.25, -0.2) is 4.79 Å². The summed E-state index contributed by atoms with van der Waals surface area (Å²) in [6, 6.07) is 8.92. The van der Waals surface area contributed by atoms with E-state index in [1.54, 1.807) is 31.4 Å². The average Bonchev–Trinajstić information content (AvgIpc) is 3.12. The highest BCUT2D eigenvalue weighted by atomic mass is 33.3. The fraction of sp³-hybridized carbons (Fsp3) is 0.667. The van der Waals surface area contributed by atoms with E-state index in [2.05, 4.69) is 112 Å². The Labute approximate surface area is 387 Å².